The molecule has 0 bridgehead atoms. The van der Waals surface area contributed by atoms with E-state index in [1.807, 2.05) is 6.07 Å². The van der Waals surface area contributed by atoms with Gasteiger partial charge in [-0.2, -0.15) is 0 Å². The summed E-state index contributed by atoms with van der Waals surface area (Å²) in [5.74, 6) is 0.285. The Balaban J connectivity index is 1.94. The number of aliphatic hydroxyl groups is 3. The second-order valence-corrected chi connectivity index (χ2v) is 4.27. The Morgan fingerprint density at radius 1 is 1.33 bits per heavy atom. The van der Waals surface area contributed by atoms with Crippen LogP contribution in [0.15, 0.2) is 18.5 Å². The average Bonchev–Trinajstić information content (AvgIpc) is 2.95. The normalized spacial score (nSPS) is 32.2. The Hall–Kier alpha value is -1.54. The van der Waals surface area contributed by atoms with Crippen LogP contribution in [-0.2, 0) is 4.74 Å². The van der Waals surface area contributed by atoms with Crippen LogP contribution >= 0.6 is 0 Å². The van der Waals surface area contributed by atoms with Crippen molar-refractivity contribution >= 4 is 11.0 Å². The van der Waals surface area contributed by atoms with E-state index in [0.717, 1.165) is 5.39 Å². The third-order valence-electron chi connectivity index (χ3n) is 3.12. The van der Waals surface area contributed by atoms with Crippen molar-refractivity contribution in [2.75, 3.05) is 6.61 Å². The lowest BCUT2D eigenvalue weighted by Gasteiger charge is -2.12. The van der Waals surface area contributed by atoms with E-state index in [4.69, 9.17) is 9.84 Å². The molecule has 0 amide bonds. The van der Waals surface area contributed by atoms with Crippen molar-refractivity contribution in [2.45, 2.75) is 24.4 Å². The summed E-state index contributed by atoms with van der Waals surface area (Å²) >= 11 is 0. The highest BCUT2D eigenvalue weighted by molar-refractivity contribution is 5.73. The van der Waals surface area contributed by atoms with Gasteiger partial charge >= 0.3 is 0 Å². The number of aromatic nitrogens is 3. The molecule has 1 fully saturated rings. The van der Waals surface area contributed by atoms with Crippen LogP contribution in [0.4, 0.5) is 0 Å². The molecule has 4 N–H and O–H groups in total. The fourth-order valence-corrected chi connectivity index (χ4v) is 2.10. The second kappa shape index (κ2) is 4.29. The lowest BCUT2D eigenvalue weighted by molar-refractivity contribution is -0.0252. The highest BCUT2D eigenvalue weighted by Crippen LogP contribution is 2.31. The molecular weight excluding hydrogens is 238 g/mol. The number of rotatable bonds is 2. The smallest absolute Gasteiger partial charge is 0.162 e. The number of aliphatic hydroxyl groups excluding tert-OH is 3. The number of ether oxygens (including phenoxy) is 1. The first kappa shape index (κ1) is 11.5. The van der Waals surface area contributed by atoms with Gasteiger partial charge in [0.1, 0.15) is 30.1 Å². The molecule has 1 aliphatic rings. The number of H-pyrrole nitrogens is 1. The summed E-state index contributed by atoms with van der Waals surface area (Å²) in [5, 5.41) is 29.4. The van der Waals surface area contributed by atoms with Gasteiger partial charge in [0.15, 0.2) is 5.82 Å². The molecule has 7 heteroatoms. The van der Waals surface area contributed by atoms with Crippen molar-refractivity contribution in [1.82, 2.24) is 15.0 Å². The zero-order valence-corrected chi connectivity index (χ0v) is 9.39. The summed E-state index contributed by atoms with van der Waals surface area (Å²) in [7, 11) is 0. The van der Waals surface area contributed by atoms with Crippen molar-refractivity contribution in [3.63, 3.8) is 0 Å². The third-order valence-corrected chi connectivity index (χ3v) is 3.12. The van der Waals surface area contributed by atoms with Gasteiger partial charge in [-0.05, 0) is 6.07 Å². The summed E-state index contributed by atoms with van der Waals surface area (Å²) in [6, 6.07) is 1.83. The van der Waals surface area contributed by atoms with Crippen LogP contribution in [0, 0.1) is 0 Å². The Bertz CT molecular complexity index is 558. The number of hydrogen-bond acceptors (Lipinski definition) is 6. The maximum absolute atomic E-state index is 9.86. The molecule has 0 aromatic carbocycles. The van der Waals surface area contributed by atoms with E-state index in [1.54, 1.807) is 12.4 Å². The van der Waals surface area contributed by atoms with E-state index in [2.05, 4.69) is 15.0 Å². The minimum absolute atomic E-state index is 0.285. The van der Waals surface area contributed by atoms with E-state index in [1.165, 1.54) is 0 Å². The summed E-state index contributed by atoms with van der Waals surface area (Å²) in [6.45, 7) is -0.362. The van der Waals surface area contributed by atoms with Crippen molar-refractivity contribution in [2.24, 2.45) is 0 Å². The predicted octanol–water partition coefficient (Wildman–Crippen LogP) is -0.888. The summed E-state index contributed by atoms with van der Waals surface area (Å²) < 4.78 is 5.36. The van der Waals surface area contributed by atoms with E-state index in [0.29, 0.717) is 5.65 Å². The van der Waals surface area contributed by atoms with Gasteiger partial charge in [0.05, 0.1) is 6.61 Å². The van der Waals surface area contributed by atoms with Gasteiger partial charge in [0, 0.05) is 17.8 Å². The minimum atomic E-state index is -1.14. The van der Waals surface area contributed by atoms with Gasteiger partial charge < -0.3 is 25.0 Å². The lowest BCUT2D eigenvalue weighted by atomic mass is 10.1. The maximum Gasteiger partial charge on any atom is 0.162 e. The molecule has 7 nitrogen and oxygen atoms in total. The molecule has 4 atom stereocenters. The molecule has 0 unspecified atom stereocenters. The van der Waals surface area contributed by atoms with Gasteiger partial charge in [0.2, 0.25) is 0 Å². The number of nitrogens with zero attached hydrogens (tertiary/aromatic N) is 2. The van der Waals surface area contributed by atoms with E-state index >= 15 is 0 Å². The number of hydrogen-bond donors (Lipinski definition) is 4. The Morgan fingerprint density at radius 2 is 2.17 bits per heavy atom. The van der Waals surface area contributed by atoms with Crippen LogP contribution in [0.25, 0.3) is 11.0 Å². The first-order valence-corrected chi connectivity index (χ1v) is 5.63. The molecule has 2 aromatic rings. The van der Waals surface area contributed by atoms with Crippen LogP contribution in [-0.4, -0.2) is 55.2 Å². The summed E-state index contributed by atoms with van der Waals surface area (Å²) in [5.41, 5.74) is 0.637. The van der Waals surface area contributed by atoms with E-state index < -0.39 is 24.4 Å². The molecule has 3 heterocycles. The zero-order chi connectivity index (χ0) is 12.7. The molecule has 2 aromatic heterocycles. The Labute approximate surface area is 102 Å². The van der Waals surface area contributed by atoms with Gasteiger partial charge in [-0.15, -0.1) is 0 Å². The molecule has 18 heavy (non-hydrogen) atoms. The largest absolute Gasteiger partial charge is 0.394 e. The summed E-state index contributed by atoms with van der Waals surface area (Å²) in [4.78, 5) is 11.3. The van der Waals surface area contributed by atoms with E-state index in [-0.39, 0.29) is 12.4 Å². The molecule has 96 valence electrons. The van der Waals surface area contributed by atoms with E-state index in [9.17, 15) is 10.2 Å². The Morgan fingerprint density at radius 3 is 2.89 bits per heavy atom. The predicted molar refractivity (Wildman–Crippen MR) is 60.6 cm³/mol. The zero-order valence-electron chi connectivity index (χ0n) is 9.39. The molecule has 0 radical (unpaired) electrons. The highest BCUT2D eigenvalue weighted by atomic mass is 16.6. The molecule has 0 spiro atoms. The molecule has 0 saturated carbocycles. The molecule has 1 aliphatic heterocycles. The number of nitrogens with one attached hydrogen (secondary N) is 1. The topological polar surface area (TPSA) is 111 Å². The van der Waals surface area contributed by atoms with Gasteiger partial charge in [-0.1, -0.05) is 0 Å². The fourth-order valence-electron chi connectivity index (χ4n) is 2.10. The molecule has 0 aliphatic carbocycles. The van der Waals surface area contributed by atoms with Crippen molar-refractivity contribution in [3.8, 4) is 0 Å². The monoisotopic (exact) mass is 251 g/mol. The first-order valence-electron chi connectivity index (χ1n) is 5.63. The minimum Gasteiger partial charge on any atom is -0.394 e. The highest BCUT2D eigenvalue weighted by Gasteiger charge is 2.44. The molecule has 3 rings (SSSR count). The molecular formula is C11H13N3O4. The van der Waals surface area contributed by atoms with Crippen LogP contribution in [0.5, 0.6) is 0 Å². The van der Waals surface area contributed by atoms with Crippen molar-refractivity contribution in [3.05, 3.63) is 24.3 Å². The number of fused-ring (bicyclic) bond motifs is 1. The lowest BCUT2D eigenvalue weighted by Crippen LogP contribution is -2.32. The molecule has 1 saturated heterocycles. The second-order valence-electron chi connectivity index (χ2n) is 4.27. The van der Waals surface area contributed by atoms with Crippen LogP contribution in [0.1, 0.15) is 11.9 Å². The first-order chi connectivity index (χ1) is 8.70. The van der Waals surface area contributed by atoms with Crippen LogP contribution in [0.2, 0.25) is 0 Å². The average molecular weight is 251 g/mol. The number of aromatic amines is 1. The van der Waals surface area contributed by atoms with Crippen LogP contribution in [0.3, 0.4) is 0 Å². The Kier molecular flexibility index (Phi) is 2.75. The quantitative estimate of drug-likeness (QED) is 0.551. The maximum atomic E-state index is 9.86. The summed E-state index contributed by atoms with van der Waals surface area (Å²) in [6.07, 6.45) is -0.570. The van der Waals surface area contributed by atoms with Gasteiger partial charge in [0.25, 0.3) is 0 Å². The fraction of sp³-hybridized carbons (Fsp3) is 0.455. The standard InChI is InChI=1S/C11H13N3O4/c15-4-6-7(16)8(17)9(18-6)11-13-3-5-1-2-12-10(5)14-11/h1-3,6-9,15-17H,4H2,(H,12,13,14)/t6-,7-,8-,9-/m1/s1. The van der Waals surface area contributed by atoms with Gasteiger partial charge in [-0.25, -0.2) is 9.97 Å². The van der Waals surface area contributed by atoms with Crippen molar-refractivity contribution in [1.29, 1.82) is 0 Å². The van der Waals surface area contributed by atoms with Crippen molar-refractivity contribution < 1.29 is 20.1 Å². The van der Waals surface area contributed by atoms with Crippen LogP contribution < -0.4 is 0 Å². The third kappa shape index (κ3) is 1.68. The SMILES string of the molecule is OC[C@H]1O[C@@H](c2ncc3cc[nH]c3n2)[C@H](O)[C@@H]1O. The van der Waals surface area contributed by atoms with Gasteiger partial charge in [-0.3, -0.25) is 0 Å².